The first kappa shape index (κ1) is 17.9. The molecule has 5 heteroatoms. The monoisotopic (exact) mass is 352 g/mol. The number of nitrogens with one attached hydrogen (secondary N) is 1. The molecule has 3 rings (SSSR count). The van der Waals surface area contributed by atoms with E-state index in [2.05, 4.69) is 5.32 Å². The van der Waals surface area contributed by atoms with Crippen LogP contribution in [-0.4, -0.2) is 37.6 Å². The fraction of sp³-hybridized carbons (Fsp3) is 0.190. The van der Waals surface area contributed by atoms with Crippen molar-refractivity contribution < 1.29 is 13.9 Å². The molecule has 26 heavy (non-hydrogen) atoms. The van der Waals surface area contributed by atoms with Gasteiger partial charge in [0.1, 0.15) is 6.61 Å². The van der Waals surface area contributed by atoms with Crippen LogP contribution in [-0.2, 0) is 4.79 Å². The highest BCUT2D eigenvalue weighted by atomic mass is 19.1. The molecular weight excluding hydrogens is 331 g/mol. The highest BCUT2D eigenvalue weighted by molar-refractivity contribution is 6.02. The van der Waals surface area contributed by atoms with E-state index in [4.69, 9.17) is 4.74 Å². The van der Waals surface area contributed by atoms with E-state index >= 15 is 0 Å². The Morgan fingerprint density at radius 2 is 1.77 bits per heavy atom. The lowest BCUT2D eigenvalue weighted by molar-refractivity contribution is -0.117. The molecular formula is C21H21FN2O2. The van der Waals surface area contributed by atoms with Crippen molar-refractivity contribution in [3.8, 4) is 5.75 Å². The van der Waals surface area contributed by atoms with Crippen molar-refractivity contribution in [2.75, 3.05) is 32.1 Å². The molecule has 0 bridgehead atoms. The Bertz CT molecular complexity index is 893. The fourth-order valence-corrected chi connectivity index (χ4v) is 2.72. The Kier molecular flexibility index (Phi) is 5.81. The second-order valence-electron chi connectivity index (χ2n) is 6.09. The molecule has 3 aromatic carbocycles. The van der Waals surface area contributed by atoms with E-state index in [0.717, 1.165) is 16.5 Å². The number of nitrogens with zero attached hydrogens (tertiary/aromatic N) is 1. The largest absolute Gasteiger partial charge is 0.489 e. The molecule has 0 fully saturated rings. The predicted octanol–water partition coefficient (Wildman–Crippen LogP) is 3.93. The number of ether oxygens (including phenoxy) is 1. The summed E-state index contributed by atoms with van der Waals surface area (Å²) in [6.45, 7) is 1.04. The molecule has 0 atom stereocenters. The van der Waals surface area contributed by atoms with Crippen molar-refractivity contribution in [2.45, 2.75) is 0 Å². The molecule has 0 aliphatic rings. The molecule has 0 aromatic heterocycles. The molecule has 0 radical (unpaired) electrons. The normalized spacial score (nSPS) is 10.9. The maximum atomic E-state index is 13.5. The first-order valence-corrected chi connectivity index (χ1v) is 8.47. The van der Waals surface area contributed by atoms with Crippen LogP contribution >= 0.6 is 0 Å². The molecule has 0 unspecified atom stereocenters. The lowest BCUT2D eigenvalue weighted by atomic mass is 10.1. The first-order valence-electron chi connectivity index (χ1n) is 8.47. The Morgan fingerprint density at radius 1 is 1.04 bits per heavy atom. The summed E-state index contributed by atoms with van der Waals surface area (Å²) in [5, 5.41) is 5.04. The molecule has 0 aliphatic heterocycles. The van der Waals surface area contributed by atoms with E-state index in [1.807, 2.05) is 54.4 Å². The van der Waals surface area contributed by atoms with Gasteiger partial charge in [-0.2, -0.15) is 0 Å². The van der Waals surface area contributed by atoms with Crippen molar-refractivity contribution in [1.29, 1.82) is 0 Å². The SMILES string of the molecule is CN(CCOc1ccccc1F)CC(=O)Nc1cccc2ccccc12. The number of carbonyl (C=O) groups is 1. The number of carbonyl (C=O) groups excluding carboxylic acids is 1. The van der Waals surface area contributed by atoms with Crippen LogP contribution in [0.5, 0.6) is 5.75 Å². The molecule has 3 aromatic rings. The van der Waals surface area contributed by atoms with Gasteiger partial charge in [0.2, 0.25) is 5.91 Å². The highest BCUT2D eigenvalue weighted by Crippen LogP contribution is 2.22. The maximum absolute atomic E-state index is 13.5. The summed E-state index contributed by atoms with van der Waals surface area (Å²) in [6, 6.07) is 20.0. The average Bonchev–Trinajstić information content (AvgIpc) is 2.63. The molecule has 0 saturated heterocycles. The minimum absolute atomic E-state index is 0.102. The smallest absolute Gasteiger partial charge is 0.238 e. The summed E-state index contributed by atoms with van der Waals surface area (Å²) < 4.78 is 18.9. The highest BCUT2D eigenvalue weighted by Gasteiger charge is 2.09. The van der Waals surface area contributed by atoms with Crippen LogP contribution < -0.4 is 10.1 Å². The van der Waals surface area contributed by atoms with Gasteiger partial charge in [-0.15, -0.1) is 0 Å². The zero-order valence-electron chi connectivity index (χ0n) is 14.6. The third-order valence-electron chi connectivity index (χ3n) is 4.04. The summed E-state index contributed by atoms with van der Waals surface area (Å²) in [5.41, 5.74) is 0.795. The van der Waals surface area contributed by atoms with Gasteiger partial charge in [0, 0.05) is 17.6 Å². The number of benzene rings is 3. The van der Waals surface area contributed by atoms with Gasteiger partial charge in [-0.25, -0.2) is 4.39 Å². The van der Waals surface area contributed by atoms with Crippen molar-refractivity contribution in [1.82, 2.24) is 4.90 Å². The Hall–Kier alpha value is -2.92. The van der Waals surface area contributed by atoms with E-state index in [1.54, 1.807) is 18.2 Å². The summed E-state index contributed by atoms with van der Waals surface area (Å²) in [6.07, 6.45) is 0. The standard InChI is InChI=1S/C21H21FN2O2/c1-24(13-14-26-20-12-5-4-10-18(20)22)15-21(25)23-19-11-6-8-16-7-2-3-9-17(16)19/h2-12H,13-15H2,1H3,(H,23,25). The van der Waals surface area contributed by atoms with Gasteiger partial charge >= 0.3 is 0 Å². The van der Waals surface area contributed by atoms with Gasteiger partial charge in [-0.05, 0) is 30.6 Å². The third kappa shape index (κ3) is 4.58. The van der Waals surface area contributed by atoms with Gasteiger partial charge in [0.15, 0.2) is 11.6 Å². The zero-order valence-corrected chi connectivity index (χ0v) is 14.6. The number of rotatable bonds is 7. The number of halogens is 1. The number of anilines is 1. The van der Waals surface area contributed by atoms with Crippen molar-refractivity contribution in [3.63, 3.8) is 0 Å². The first-order chi connectivity index (χ1) is 12.6. The molecule has 0 heterocycles. The number of para-hydroxylation sites is 1. The second kappa shape index (κ2) is 8.45. The summed E-state index contributed by atoms with van der Waals surface area (Å²) in [4.78, 5) is 14.1. The number of hydrogen-bond acceptors (Lipinski definition) is 3. The van der Waals surface area contributed by atoms with E-state index in [1.165, 1.54) is 6.07 Å². The van der Waals surface area contributed by atoms with Gasteiger partial charge in [-0.3, -0.25) is 9.69 Å². The van der Waals surface area contributed by atoms with Gasteiger partial charge < -0.3 is 10.1 Å². The van der Waals surface area contributed by atoms with Gasteiger partial charge in [0.25, 0.3) is 0 Å². The molecule has 0 spiro atoms. The van der Waals surface area contributed by atoms with E-state index in [9.17, 15) is 9.18 Å². The predicted molar refractivity (Wildman–Crippen MR) is 102 cm³/mol. The number of hydrogen-bond donors (Lipinski definition) is 1. The van der Waals surface area contributed by atoms with Gasteiger partial charge in [-0.1, -0.05) is 48.5 Å². The van der Waals surface area contributed by atoms with Crippen LogP contribution in [0.1, 0.15) is 0 Å². The van der Waals surface area contributed by atoms with Crippen LogP contribution in [0, 0.1) is 5.82 Å². The third-order valence-corrected chi connectivity index (χ3v) is 4.04. The average molecular weight is 352 g/mol. The minimum atomic E-state index is -0.385. The molecule has 1 N–H and O–H groups in total. The molecule has 0 saturated carbocycles. The van der Waals surface area contributed by atoms with Crippen LogP contribution in [0.2, 0.25) is 0 Å². The molecule has 1 amide bonds. The van der Waals surface area contributed by atoms with Crippen LogP contribution in [0.3, 0.4) is 0 Å². The number of amides is 1. The maximum Gasteiger partial charge on any atom is 0.238 e. The van der Waals surface area contributed by atoms with Crippen molar-refractivity contribution in [3.05, 3.63) is 72.5 Å². The Balaban J connectivity index is 1.50. The molecule has 4 nitrogen and oxygen atoms in total. The van der Waals surface area contributed by atoms with E-state index in [0.29, 0.717) is 13.2 Å². The second-order valence-corrected chi connectivity index (χ2v) is 6.09. The van der Waals surface area contributed by atoms with E-state index < -0.39 is 0 Å². The zero-order chi connectivity index (χ0) is 18.4. The van der Waals surface area contributed by atoms with Crippen LogP contribution in [0.4, 0.5) is 10.1 Å². The molecule has 134 valence electrons. The summed E-state index contributed by atoms with van der Waals surface area (Å²) >= 11 is 0. The fourth-order valence-electron chi connectivity index (χ4n) is 2.72. The summed E-state index contributed by atoms with van der Waals surface area (Å²) in [5.74, 6) is -0.264. The Morgan fingerprint density at radius 3 is 2.62 bits per heavy atom. The lowest BCUT2D eigenvalue weighted by Gasteiger charge is -2.17. The van der Waals surface area contributed by atoms with E-state index in [-0.39, 0.29) is 24.0 Å². The van der Waals surface area contributed by atoms with Crippen molar-refractivity contribution in [2.24, 2.45) is 0 Å². The minimum Gasteiger partial charge on any atom is -0.489 e. The van der Waals surface area contributed by atoms with Gasteiger partial charge in [0.05, 0.1) is 6.54 Å². The number of likely N-dealkylation sites (N-methyl/N-ethyl adjacent to an activating group) is 1. The van der Waals surface area contributed by atoms with Crippen LogP contribution in [0.15, 0.2) is 66.7 Å². The van der Waals surface area contributed by atoms with Crippen molar-refractivity contribution >= 4 is 22.4 Å². The Labute approximate surface area is 152 Å². The molecule has 0 aliphatic carbocycles. The lowest BCUT2D eigenvalue weighted by Crippen LogP contribution is -2.33. The van der Waals surface area contributed by atoms with Crippen LogP contribution in [0.25, 0.3) is 10.8 Å². The topological polar surface area (TPSA) is 41.6 Å². The summed E-state index contributed by atoms with van der Waals surface area (Å²) in [7, 11) is 1.83. The number of fused-ring (bicyclic) bond motifs is 1. The quantitative estimate of drug-likeness (QED) is 0.701.